The van der Waals surface area contributed by atoms with Gasteiger partial charge < -0.3 is 10.1 Å². The van der Waals surface area contributed by atoms with Crippen molar-refractivity contribution in [3.05, 3.63) is 27.9 Å². The summed E-state index contributed by atoms with van der Waals surface area (Å²) < 4.78 is 5.64. The molecule has 0 aromatic carbocycles. The summed E-state index contributed by atoms with van der Waals surface area (Å²) in [5, 5.41) is 13.7. The van der Waals surface area contributed by atoms with Crippen molar-refractivity contribution in [2.45, 2.75) is 19.4 Å². The summed E-state index contributed by atoms with van der Waals surface area (Å²) in [5.41, 5.74) is 0.690. The molecule has 0 radical (unpaired) electrons. The monoisotopic (exact) mass is 223 g/mol. The lowest BCUT2D eigenvalue weighted by molar-refractivity contribution is -0.385. The molecule has 1 aliphatic rings. The summed E-state index contributed by atoms with van der Waals surface area (Å²) in [4.78, 5) is 14.0. The maximum absolute atomic E-state index is 10.5. The molecule has 1 N–H and O–H groups in total. The van der Waals surface area contributed by atoms with E-state index in [4.69, 9.17) is 4.74 Å². The Morgan fingerprint density at radius 3 is 3.06 bits per heavy atom. The minimum absolute atomic E-state index is 0.00519. The van der Waals surface area contributed by atoms with Gasteiger partial charge in [-0.2, -0.15) is 0 Å². The Kier molecular flexibility index (Phi) is 3.00. The summed E-state index contributed by atoms with van der Waals surface area (Å²) in [6.45, 7) is 3.51. The van der Waals surface area contributed by atoms with Gasteiger partial charge in [-0.25, -0.2) is 4.98 Å². The van der Waals surface area contributed by atoms with E-state index in [1.54, 1.807) is 6.92 Å². The Labute approximate surface area is 92.8 Å². The van der Waals surface area contributed by atoms with Gasteiger partial charge in [-0.05, 0) is 19.9 Å². The molecule has 16 heavy (non-hydrogen) atoms. The maximum Gasteiger partial charge on any atom is 0.288 e. The minimum Gasteiger partial charge on any atom is -0.473 e. The highest BCUT2D eigenvalue weighted by Gasteiger charge is 2.18. The standard InChI is InChI=1S/C10H13N3O3/c1-7-4-8(13(14)15)5-12-10(7)16-9-2-3-11-6-9/h4-5,9,11H,2-3,6H2,1H3. The number of rotatable bonds is 3. The predicted molar refractivity (Wildman–Crippen MR) is 57.5 cm³/mol. The largest absolute Gasteiger partial charge is 0.473 e. The van der Waals surface area contributed by atoms with Gasteiger partial charge in [-0.3, -0.25) is 10.1 Å². The van der Waals surface area contributed by atoms with Crippen molar-refractivity contribution in [3.8, 4) is 5.88 Å². The van der Waals surface area contributed by atoms with Crippen LogP contribution in [-0.2, 0) is 0 Å². The SMILES string of the molecule is Cc1cc([N+](=O)[O-])cnc1OC1CCNC1. The molecule has 1 aromatic heterocycles. The van der Waals surface area contributed by atoms with E-state index in [2.05, 4.69) is 10.3 Å². The summed E-state index contributed by atoms with van der Waals surface area (Å²) in [6, 6.07) is 1.48. The topological polar surface area (TPSA) is 77.3 Å². The van der Waals surface area contributed by atoms with Crippen molar-refractivity contribution in [1.82, 2.24) is 10.3 Å². The molecule has 1 atom stereocenters. The van der Waals surface area contributed by atoms with Crippen LogP contribution in [0.2, 0.25) is 0 Å². The van der Waals surface area contributed by atoms with Crippen LogP contribution >= 0.6 is 0 Å². The van der Waals surface area contributed by atoms with Gasteiger partial charge >= 0.3 is 0 Å². The zero-order valence-electron chi connectivity index (χ0n) is 8.97. The van der Waals surface area contributed by atoms with Crippen LogP contribution in [0.3, 0.4) is 0 Å². The lowest BCUT2D eigenvalue weighted by atomic mass is 10.2. The van der Waals surface area contributed by atoms with Crippen molar-refractivity contribution in [2.24, 2.45) is 0 Å². The van der Waals surface area contributed by atoms with Crippen molar-refractivity contribution in [2.75, 3.05) is 13.1 Å². The van der Waals surface area contributed by atoms with Gasteiger partial charge in [-0.15, -0.1) is 0 Å². The Balaban J connectivity index is 2.12. The molecule has 1 saturated heterocycles. The molecule has 86 valence electrons. The third-order valence-electron chi connectivity index (χ3n) is 2.52. The van der Waals surface area contributed by atoms with Crippen LogP contribution < -0.4 is 10.1 Å². The van der Waals surface area contributed by atoms with Gasteiger partial charge in [-0.1, -0.05) is 0 Å². The van der Waals surface area contributed by atoms with Crippen LogP contribution in [0.5, 0.6) is 5.88 Å². The van der Waals surface area contributed by atoms with Gasteiger partial charge in [0.05, 0.1) is 4.92 Å². The average Bonchev–Trinajstić information content (AvgIpc) is 2.73. The number of aromatic nitrogens is 1. The first-order valence-corrected chi connectivity index (χ1v) is 5.15. The molecule has 1 aromatic rings. The molecule has 1 aliphatic heterocycles. The molecule has 0 bridgehead atoms. The molecule has 0 saturated carbocycles. The predicted octanol–water partition coefficient (Wildman–Crippen LogP) is 1.04. The van der Waals surface area contributed by atoms with Crippen LogP contribution in [0.25, 0.3) is 0 Å². The van der Waals surface area contributed by atoms with E-state index < -0.39 is 4.92 Å². The van der Waals surface area contributed by atoms with Crippen LogP contribution in [0.15, 0.2) is 12.3 Å². The molecular formula is C10H13N3O3. The van der Waals surface area contributed by atoms with Gasteiger partial charge in [0, 0.05) is 18.2 Å². The second-order valence-electron chi connectivity index (χ2n) is 3.81. The lowest BCUT2D eigenvalue weighted by Crippen LogP contribution is -2.20. The number of ether oxygens (including phenoxy) is 1. The van der Waals surface area contributed by atoms with E-state index in [9.17, 15) is 10.1 Å². The summed E-state index contributed by atoms with van der Waals surface area (Å²) >= 11 is 0. The smallest absolute Gasteiger partial charge is 0.288 e. The highest BCUT2D eigenvalue weighted by molar-refractivity contribution is 5.36. The number of nitrogens with zero attached hydrogens (tertiary/aromatic N) is 2. The van der Waals surface area contributed by atoms with Crippen LogP contribution in [0, 0.1) is 17.0 Å². The second kappa shape index (κ2) is 4.44. The van der Waals surface area contributed by atoms with E-state index in [-0.39, 0.29) is 11.8 Å². The number of nitrogens with one attached hydrogen (secondary N) is 1. The molecular weight excluding hydrogens is 210 g/mol. The molecule has 2 heterocycles. The summed E-state index contributed by atoms with van der Waals surface area (Å²) in [7, 11) is 0. The van der Waals surface area contributed by atoms with Gasteiger partial charge in [0.1, 0.15) is 12.3 Å². The maximum atomic E-state index is 10.5. The lowest BCUT2D eigenvalue weighted by Gasteiger charge is -2.12. The minimum atomic E-state index is -0.457. The molecule has 6 heteroatoms. The first-order valence-electron chi connectivity index (χ1n) is 5.15. The normalized spacial score (nSPS) is 19.7. The molecule has 1 fully saturated rings. The van der Waals surface area contributed by atoms with Crippen molar-refractivity contribution < 1.29 is 9.66 Å². The Morgan fingerprint density at radius 1 is 1.69 bits per heavy atom. The number of hydrogen-bond donors (Lipinski definition) is 1. The average molecular weight is 223 g/mol. The fourth-order valence-corrected chi connectivity index (χ4v) is 1.66. The molecule has 0 spiro atoms. The van der Waals surface area contributed by atoms with Crippen LogP contribution in [0.4, 0.5) is 5.69 Å². The molecule has 0 aliphatic carbocycles. The second-order valence-corrected chi connectivity index (χ2v) is 3.81. The molecule has 2 rings (SSSR count). The van der Waals surface area contributed by atoms with Gasteiger partial charge in [0.25, 0.3) is 5.69 Å². The fourth-order valence-electron chi connectivity index (χ4n) is 1.66. The third kappa shape index (κ3) is 2.27. The fraction of sp³-hybridized carbons (Fsp3) is 0.500. The number of aryl methyl sites for hydroxylation is 1. The zero-order valence-corrected chi connectivity index (χ0v) is 8.97. The van der Waals surface area contributed by atoms with Crippen LogP contribution in [0.1, 0.15) is 12.0 Å². The van der Waals surface area contributed by atoms with Crippen LogP contribution in [-0.4, -0.2) is 29.1 Å². The number of pyridine rings is 1. The van der Waals surface area contributed by atoms with E-state index >= 15 is 0 Å². The van der Waals surface area contributed by atoms with Crippen molar-refractivity contribution in [3.63, 3.8) is 0 Å². The van der Waals surface area contributed by atoms with E-state index in [0.717, 1.165) is 19.5 Å². The van der Waals surface area contributed by atoms with Gasteiger partial charge in [0.15, 0.2) is 0 Å². The first-order chi connectivity index (χ1) is 7.66. The van der Waals surface area contributed by atoms with Crippen molar-refractivity contribution in [1.29, 1.82) is 0 Å². The quantitative estimate of drug-likeness (QED) is 0.612. The van der Waals surface area contributed by atoms with E-state index in [1.165, 1.54) is 12.3 Å². The highest BCUT2D eigenvalue weighted by atomic mass is 16.6. The Hall–Kier alpha value is -1.69. The van der Waals surface area contributed by atoms with Crippen molar-refractivity contribution >= 4 is 5.69 Å². The highest BCUT2D eigenvalue weighted by Crippen LogP contribution is 2.21. The third-order valence-corrected chi connectivity index (χ3v) is 2.52. The molecule has 1 unspecified atom stereocenters. The number of hydrogen-bond acceptors (Lipinski definition) is 5. The molecule has 0 amide bonds. The number of nitro groups is 1. The van der Waals surface area contributed by atoms with E-state index in [1.807, 2.05) is 0 Å². The van der Waals surface area contributed by atoms with E-state index in [0.29, 0.717) is 11.4 Å². The Morgan fingerprint density at radius 2 is 2.50 bits per heavy atom. The first kappa shape index (κ1) is 10.8. The summed E-state index contributed by atoms with van der Waals surface area (Å²) in [5.74, 6) is 0.485. The molecule has 6 nitrogen and oxygen atoms in total. The zero-order chi connectivity index (χ0) is 11.5. The van der Waals surface area contributed by atoms with Gasteiger partial charge in [0.2, 0.25) is 5.88 Å². The summed E-state index contributed by atoms with van der Waals surface area (Å²) in [6.07, 6.45) is 2.29. The Bertz CT molecular complexity index is 402.